The minimum absolute atomic E-state index is 0.402. The van der Waals surface area contributed by atoms with Crippen LogP contribution in [0, 0.1) is 20.8 Å². The van der Waals surface area contributed by atoms with Crippen molar-refractivity contribution in [1.29, 1.82) is 0 Å². The number of carboxylic acids is 1. The van der Waals surface area contributed by atoms with Crippen molar-refractivity contribution in [3.05, 3.63) is 34.5 Å². The Labute approximate surface area is 94.3 Å². The summed E-state index contributed by atoms with van der Waals surface area (Å²) in [5, 5.41) is 10.2. The number of benzene rings is 1. The Bertz CT molecular complexity index is 594. The highest BCUT2D eigenvalue weighted by Crippen LogP contribution is 2.29. The summed E-state index contributed by atoms with van der Waals surface area (Å²) >= 11 is 0. The molecule has 0 aliphatic carbocycles. The summed E-state index contributed by atoms with van der Waals surface area (Å²) in [6, 6.07) is 1.75. The lowest BCUT2D eigenvalue weighted by Crippen LogP contribution is -2.02. The normalized spacial score (nSPS) is 11.0. The molecule has 0 fully saturated rings. The van der Waals surface area contributed by atoms with Gasteiger partial charge in [-0.3, -0.25) is 0 Å². The van der Waals surface area contributed by atoms with Crippen LogP contribution in [0.3, 0.4) is 0 Å². The van der Waals surface area contributed by atoms with Crippen LogP contribution in [-0.2, 0) is 7.05 Å². The van der Waals surface area contributed by atoms with E-state index in [1.807, 2.05) is 34.0 Å². The fraction of sp³-hybridized carbons (Fsp3) is 0.308. The standard InChI is InChI=1S/C13H15NO2/c1-7-5-10(13(15)16)9(3)11-8(2)6-14(4)12(7)11/h5-6H,1-4H3,(H,15,16). The molecule has 0 spiro atoms. The van der Waals surface area contributed by atoms with Crippen molar-refractivity contribution in [3.63, 3.8) is 0 Å². The van der Waals surface area contributed by atoms with Crippen LogP contribution >= 0.6 is 0 Å². The van der Waals surface area contributed by atoms with Crippen molar-refractivity contribution in [1.82, 2.24) is 4.57 Å². The molecule has 1 aromatic carbocycles. The molecule has 0 bridgehead atoms. The zero-order valence-electron chi connectivity index (χ0n) is 9.96. The van der Waals surface area contributed by atoms with Gasteiger partial charge < -0.3 is 9.67 Å². The van der Waals surface area contributed by atoms with Gasteiger partial charge in [0, 0.05) is 18.6 Å². The molecule has 0 atom stereocenters. The van der Waals surface area contributed by atoms with E-state index in [9.17, 15) is 4.79 Å². The lowest BCUT2D eigenvalue weighted by atomic mass is 9.99. The molecule has 1 aromatic heterocycles. The number of aromatic nitrogens is 1. The number of hydrogen-bond acceptors (Lipinski definition) is 1. The smallest absolute Gasteiger partial charge is 0.335 e. The average molecular weight is 217 g/mol. The van der Waals surface area contributed by atoms with E-state index in [0.717, 1.165) is 27.6 Å². The van der Waals surface area contributed by atoms with E-state index in [1.54, 1.807) is 6.07 Å². The van der Waals surface area contributed by atoms with Crippen LogP contribution in [0.2, 0.25) is 0 Å². The SMILES string of the molecule is Cc1cn(C)c2c(C)cc(C(=O)O)c(C)c12. The molecule has 3 nitrogen and oxygen atoms in total. The van der Waals surface area contributed by atoms with Gasteiger partial charge in [0.15, 0.2) is 0 Å². The van der Waals surface area contributed by atoms with Gasteiger partial charge in [-0.1, -0.05) is 0 Å². The summed E-state index contributed by atoms with van der Waals surface area (Å²) in [5.41, 5.74) is 4.51. The highest BCUT2D eigenvalue weighted by molar-refractivity contribution is 5.99. The van der Waals surface area contributed by atoms with Crippen molar-refractivity contribution in [2.24, 2.45) is 7.05 Å². The molecule has 0 saturated carbocycles. The molecular weight excluding hydrogens is 202 g/mol. The molecule has 0 saturated heterocycles. The Morgan fingerprint density at radius 2 is 1.88 bits per heavy atom. The van der Waals surface area contributed by atoms with Crippen LogP contribution in [0.1, 0.15) is 27.0 Å². The van der Waals surface area contributed by atoms with Gasteiger partial charge in [0.1, 0.15) is 0 Å². The van der Waals surface area contributed by atoms with Gasteiger partial charge in [-0.2, -0.15) is 0 Å². The highest BCUT2D eigenvalue weighted by atomic mass is 16.4. The fourth-order valence-electron chi connectivity index (χ4n) is 2.48. The van der Waals surface area contributed by atoms with Crippen LogP contribution < -0.4 is 0 Å². The maximum absolute atomic E-state index is 11.1. The molecular formula is C13H15NO2. The first-order valence-electron chi connectivity index (χ1n) is 5.22. The van der Waals surface area contributed by atoms with E-state index in [1.165, 1.54) is 0 Å². The van der Waals surface area contributed by atoms with Crippen molar-refractivity contribution in [2.45, 2.75) is 20.8 Å². The maximum atomic E-state index is 11.1. The Hall–Kier alpha value is -1.77. The Morgan fingerprint density at radius 3 is 2.44 bits per heavy atom. The number of aromatic carboxylic acids is 1. The molecule has 2 aromatic rings. The number of rotatable bonds is 1. The van der Waals surface area contributed by atoms with Crippen LogP contribution in [0.4, 0.5) is 0 Å². The maximum Gasteiger partial charge on any atom is 0.335 e. The number of carboxylic acid groups (broad SMARTS) is 1. The lowest BCUT2D eigenvalue weighted by Gasteiger charge is -2.08. The predicted molar refractivity (Wildman–Crippen MR) is 64.1 cm³/mol. The van der Waals surface area contributed by atoms with Crippen molar-refractivity contribution >= 4 is 16.9 Å². The van der Waals surface area contributed by atoms with Gasteiger partial charge in [-0.05, 0) is 43.5 Å². The molecule has 0 radical (unpaired) electrons. The molecule has 3 heteroatoms. The second kappa shape index (κ2) is 3.37. The molecule has 0 aliphatic rings. The lowest BCUT2D eigenvalue weighted by molar-refractivity contribution is 0.0696. The summed E-state index contributed by atoms with van der Waals surface area (Å²) in [6.07, 6.45) is 2.04. The van der Waals surface area contributed by atoms with Crippen LogP contribution in [-0.4, -0.2) is 15.6 Å². The van der Waals surface area contributed by atoms with Crippen LogP contribution in [0.5, 0.6) is 0 Å². The predicted octanol–water partition coefficient (Wildman–Crippen LogP) is 2.80. The summed E-state index contributed by atoms with van der Waals surface area (Å²) in [4.78, 5) is 11.1. The van der Waals surface area contributed by atoms with Crippen LogP contribution in [0.15, 0.2) is 12.3 Å². The first-order chi connectivity index (χ1) is 7.43. The number of aryl methyl sites for hydroxylation is 4. The third-order valence-electron chi connectivity index (χ3n) is 3.11. The minimum atomic E-state index is -0.856. The van der Waals surface area contributed by atoms with E-state index in [4.69, 9.17) is 5.11 Å². The number of nitrogens with zero attached hydrogens (tertiary/aromatic N) is 1. The molecule has 16 heavy (non-hydrogen) atoms. The van der Waals surface area contributed by atoms with E-state index < -0.39 is 5.97 Å². The third kappa shape index (κ3) is 1.32. The van der Waals surface area contributed by atoms with E-state index in [-0.39, 0.29) is 0 Å². The summed E-state index contributed by atoms with van der Waals surface area (Å²) in [6.45, 7) is 5.84. The Kier molecular flexibility index (Phi) is 2.26. The first-order valence-corrected chi connectivity index (χ1v) is 5.22. The third-order valence-corrected chi connectivity index (χ3v) is 3.11. The minimum Gasteiger partial charge on any atom is -0.478 e. The second-order valence-electron chi connectivity index (χ2n) is 4.32. The van der Waals surface area contributed by atoms with Gasteiger partial charge in [-0.15, -0.1) is 0 Å². The largest absolute Gasteiger partial charge is 0.478 e. The summed E-state index contributed by atoms with van der Waals surface area (Å²) < 4.78 is 2.05. The van der Waals surface area contributed by atoms with E-state index in [0.29, 0.717) is 5.56 Å². The monoisotopic (exact) mass is 217 g/mol. The zero-order chi connectivity index (χ0) is 12.0. The molecule has 0 aliphatic heterocycles. The van der Waals surface area contributed by atoms with Gasteiger partial charge in [0.05, 0.1) is 11.1 Å². The van der Waals surface area contributed by atoms with Gasteiger partial charge in [-0.25, -0.2) is 4.79 Å². The second-order valence-corrected chi connectivity index (χ2v) is 4.32. The molecule has 2 rings (SSSR count). The topological polar surface area (TPSA) is 42.2 Å². The van der Waals surface area contributed by atoms with Gasteiger partial charge in [0.2, 0.25) is 0 Å². The average Bonchev–Trinajstić information content (AvgIpc) is 2.48. The Balaban J connectivity index is 2.99. The quantitative estimate of drug-likeness (QED) is 0.798. The Morgan fingerprint density at radius 1 is 1.25 bits per heavy atom. The molecule has 1 N–H and O–H groups in total. The van der Waals surface area contributed by atoms with Crippen molar-refractivity contribution < 1.29 is 9.90 Å². The number of hydrogen-bond donors (Lipinski definition) is 1. The first kappa shape index (κ1) is 10.7. The molecule has 1 heterocycles. The fourth-order valence-corrected chi connectivity index (χ4v) is 2.48. The molecule has 0 unspecified atom stereocenters. The van der Waals surface area contributed by atoms with Crippen molar-refractivity contribution in [3.8, 4) is 0 Å². The molecule has 84 valence electrons. The number of carbonyl (C=O) groups is 1. The zero-order valence-corrected chi connectivity index (χ0v) is 9.96. The van der Waals surface area contributed by atoms with Gasteiger partial charge >= 0.3 is 5.97 Å². The van der Waals surface area contributed by atoms with Crippen molar-refractivity contribution in [2.75, 3.05) is 0 Å². The highest BCUT2D eigenvalue weighted by Gasteiger charge is 2.15. The number of fused-ring (bicyclic) bond motifs is 1. The van der Waals surface area contributed by atoms with Gasteiger partial charge in [0.25, 0.3) is 0 Å². The van der Waals surface area contributed by atoms with E-state index in [2.05, 4.69) is 4.57 Å². The van der Waals surface area contributed by atoms with E-state index >= 15 is 0 Å². The van der Waals surface area contributed by atoms with Crippen LogP contribution in [0.25, 0.3) is 10.9 Å². The summed E-state index contributed by atoms with van der Waals surface area (Å²) in [5.74, 6) is -0.856. The summed E-state index contributed by atoms with van der Waals surface area (Å²) in [7, 11) is 1.99. The molecule has 0 amide bonds.